The zero-order valence-electron chi connectivity index (χ0n) is 8.91. The molecule has 0 saturated heterocycles. The predicted molar refractivity (Wildman–Crippen MR) is 60.0 cm³/mol. The Bertz CT molecular complexity index is 494. The van der Waals surface area contributed by atoms with Crippen LogP contribution < -0.4 is 4.74 Å². The number of benzene rings is 2. The molecule has 0 unspecified atom stereocenters. The zero-order valence-corrected chi connectivity index (χ0v) is 8.91. The fraction of sp³-hybridized carbons (Fsp3) is 0.231. The summed E-state index contributed by atoms with van der Waals surface area (Å²) in [5, 5.41) is 2.02. The molecule has 2 aromatic rings. The van der Waals surface area contributed by atoms with Gasteiger partial charge in [-0.25, -0.2) is 0 Å². The van der Waals surface area contributed by atoms with Crippen molar-refractivity contribution in [3.05, 3.63) is 42.0 Å². The van der Waals surface area contributed by atoms with E-state index in [0.717, 1.165) is 16.3 Å². The second-order valence-corrected chi connectivity index (χ2v) is 3.50. The molecule has 0 spiro atoms. The van der Waals surface area contributed by atoms with Gasteiger partial charge in [0.05, 0.1) is 0 Å². The first-order chi connectivity index (χ1) is 7.72. The third-order valence-electron chi connectivity index (χ3n) is 2.57. The molecule has 0 bridgehead atoms. The van der Waals surface area contributed by atoms with Crippen LogP contribution in [-0.4, -0.2) is 6.61 Å². The second kappa shape index (κ2) is 4.47. The number of rotatable bonds is 3. The van der Waals surface area contributed by atoms with Crippen LogP contribution in [0.5, 0.6) is 5.75 Å². The lowest BCUT2D eigenvalue weighted by Crippen LogP contribution is -2.04. The molecule has 0 N–H and O–H groups in total. The molecule has 0 atom stereocenters. The van der Waals surface area contributed by atoms with E-state index in [1.165, 1.54) is 0 Å². The fourth-order valence-corrected chi connectivity index (χ4v) is 1.89. The quantitative estimate of drug-likeness (QED) is 0.762. The lowest BCUT2D eigenvalue weighted by atomic mass is 10.0. The highest BCUT2D eigenvalue weighted by Crippen LogP contribution is 2.29. The average Bonchev–Trinajstić information content (AvgIpc) is 2.28. The number of ether oxygens (including phenoxy) is 1. The third kappa shape index (κ3) is 1.98. The van der Waals surface area contributed by atoms with Gasteiger partial charge in [0, 0.05) is 5.56 Å². The smallest absolute Gasteiger partial charge is 0.387 e. The maximum absolute atomic E-state index is 12.2. The van der Waals surface area contributed by atoms with Gasteiger partial charge < -0.3 is 4.74 Å². The first kappa shape index (κ1) is 10.9. The SMILES string of the molecule is CCc1c(OC(F)F)ccc2ccccc12. The molecule has 1 nitrogen and oxygen atoms in total. The van der Waals surface area contributed by atoms with Crippen molar-refractivity contribution in [2.45, 2.75) is 20.0 Å². The van der Waals surface area contributed by atoms with Gasteiger partial charge in [-0.3, -0.25) is 0 Å². The molecule has 0 fully saturated rings. The number of halogens is 2. The van der Waals surface area contributed by atoms with Gasteiger partial charge in [0.25, 0.3) is 0 Å². The summed E-state index contributed by atoms with van der Waals surface area (Å²) in [5.74, 6) is 0.274. The monoisotopic (exact) mass is 222 g/mol. The van der Waals surface area contributed by atoms with Gasteiger partial charge in [-0.05, 0) is 23.3 Å². The molecule has 84 valence electrons. The van der Waals surface area contributed by atoms with Gasteiger partial charge in [-0.15, -0.1) is 0 Å². The molecule has 0 heterocycles. The van der Waals surface area contributed by atoms with Crippen molar-refractivity contribution in [2.75, 3.05) is 0 Å². The molecule has 0 aliphatic rings. The van der Waals surface area contributed by atoms with E-state index >= 15 is 0 Å². The number of fused-ring (bicyclic) bond motifs is 1. The molecule has 0 radical (unpaired) electrons. The lowest BCUT2D eigenvalue weighted by molar-refractivity contribution is -0.0503. The second-order valence-electron chi connectivity index (χ2n) is 3.50. The fourth-order valence-electron chi connectivity index (χ4n) is 1.89. The Balaban J connectivity index is 2.58. The normalized spacial score (nSPS) is 11.0. The predicted octanol–water partition coefficient (Wildman–Crippen LogP) is 4.00. The summed E-state index contributed by atoms with van der Waals surface area (Å²) in [6.45, 7) is -0.841. The summed E-state index contributed by atoms with van der Waals surface area (Å²) < 4.78 is 28.9. The number of alkyl halides is 2. The third-order valence-corrected chi connectivity index (χ3v) is 2.57. The Morgan fingerprint density at radius 2 is 1.88 bits per heavy atom. The van der Waals surface area contributed by atoms with Crippen molar-refractivity contribution in [1.82, 2.24) is 0 Å². The number of aryl methyl sites for hydroxylation is 1. The van der Waals surface area contributed by atoms with Gasteiger partial charge in [0.15, 0.2) is 0 Å². The van der Waals surface area contributed by atoms with Gasteiger partial charge >= 0.3 is 6.61 Å². The van der Waals surface area contributed by atoms with Gasteiger partial charge in [-0.1, -0.05) is 37.3 Å². The molecule has 3 heteroatoms. The first-order valence-corrected chi connectivity index (χ1v) is 5.17. The van der Waals surface area contributed by atoms with Crippen LogP contribution >= 0.6 is 0 Å². The summed E-state index contributed by atoms with van der Waals surface area (Å²) in [4.78, 5) is 0. The molecule has 0 aliphatic carbocycles. The summed E-state index contributed by atoms with van der Waals surface area (Å²) in [7, 11) is 0. The highest BCUT2D eigenvalue weighted by atomic mass is 19.3. The molecular weight excluding hydrogens is 210 g/mol. The van der Waals surface area contributed by atoms with Crippen molar-refractivity contribution in [3.8, 4) is 5.75 Å². The van der Waals surface area contributed by atoms with Gasteiger partial charge in [-0.2, -0.15) is 8.78 Å². The zero-order chi connectivity index (χ0) is 11.5. The van der Waals surface area contributed by atoms with Crippen molar-refractivity contribution >= 4 is 10.8 Å². The maximum Gasteiger partial charge on any atom is 0.387 e. The minimum absolute atomic E-state index is 0.274. The Morgan fingerprint density at radius 1 is 1.12 bits per heavy atom. The van der Waals surface area contributed by atoms with Crippen LogP contribution in [0, 0.1) is 0 Å². The van der Waals surface area contributed by atoms with Crippen molar-refractivity contribution in [1.29, 1.82) is 0 Å². The molecule has 0 aromatic heterocycles. The van der Waals surface area contributed by atoms with E-state index in [-0.39, 0.29) is 5.75 Å². The molecule has 2 rings (SSSR count). The van der Waals surface area contributed by atoms with Crippen molar-refractivity contribution < 1.29 is 13.5 Å². The van der Waals surface area contributed by atoms with Crippen molar-refractivity contribution in [3.63, 3.8) is 0 Å². The number of hydrogen-bond donors (Lipinski definition) is 0. The average molecular weight is 222 g/mol. The molecule has 0 amide bonds. The topological polar surface area (TPSA) is 9.23 Å². The van der Waals surface area contributed by atoms with Crippen LogP contribution in [0.2, 0.25) is 0 Å². The van der Waals surface area contributed by atoms with Gasteiger partial charge in [0.1, 0.15) is 5.75 Å². The van der Waals surface area contributed by atoms with Crippen LogP contribution in [0.1, 0.15) is 12.5 Å². The summed E-state index contributed by atoms with van der Waals surface area (Å²) in [6.07, 6.45) is 0.670. The molecule has 16 heavy (non-hydrogen) atoms. The van der Waals surface area contributed by atoms with E-state index in [9.17, 15) is 8.78 Å². The van der Waals surface area contributed by atoms with Crippen LogP contribution in [0.3, 0.4) is 0 Å². The molecular formula is C13H12F2O. The largest absolute Gasteiger partial charge is 0.435 e. The highest BCUT2D eigenvalue weighted by Gasteiger charge is 2.10. The van der Waals surface area contributed by atoms with E-state index in [4.69, 9.17) is 0 Å². The van der Waals surface area contributed by atoms with Crippen LogP contribution in [0.25, 0.3) is 10.8 Å². The van der Waals surface area contributed by atoms with Crippen LogP contribution in [0.15, 0.2) is 36.4 Å². The summed E-state index contributed by atoms with van der Waals surface area (Å²) >= 11 is 0. The Hall–Kier alpha value is -1.64. The van der Waals surface area contributed by atoms with E-state index in [1.807, 2.05) is 31.2 Å². The Labute approximate surface area is 92.7 Å². The highest BCUT2D eigenvalue weighted by molar-refractivity contribution is 5.87. The molecule has 2 aromatic carbocycles. The first-order valence-electron chi connectivity index (χ1n) is 5.17. The Morgan fingerprint density at radius 3 is 2.56 bits per heavy atom. The van der Waals surface area contributed by atoms with E-state index < -0.39 is 6.61 Å². The minimum Gasteiger partial charge on any atom is -0.435 e. The van der Waals surface area contributed by atoms with Crippen LogP contribution in [-0.2, 0) is 6.42 Å². The Kier molecular flexibility index (Phi) is 3.04. The lowest BCUT2D eigenvalue weighted by Gasteiger charge is -2.12. The minimum atomic E-state index is -2.77. The van der Waals surface area contributed by atoms with Crippen molar-refractivity contribution in [2.24, 2.45) is 0 Å². The standard InChI is InChI=1S/C13H12F2O/c1-2-10-11-6-4-3-5-9(11)7-8-12(10)16-13(14)15/h3-8,13H,2H2,1H3. The van der Waals surface area contributed by atoms with Gasteiger partial charge in [0.2, 0.25) is 0 Å². The van der Waals surface area contributed by atoms with Crippen LogP contribution in [0.4, 0.5) is 8.78 Å². The van der Waals surface area contributed by atoms with E-state index in [1.54, 1.807) is 12.1 Å². The summed E-state index contributed by atoms with van der Waals surface area (Å²) in [5.41, 5.74) is 0.832. The van der Waals surface area contributed by atoms with E-state index in [2.05, 4.69) is 4.74 Å². The molecule has 0 saturated carbocycles. The molecule has 0 aliphatic heterocycles. The number of hydrogen-bond acceptors (Lipinski definition) is 1. The summed E-state index contributed by atoms with van der Waals surface area (Å²) in [6, 6.07) is 11.1. The maximum atomic E-state index is 12.2. The van der Waals surface area contributed by atoms with E-state index in [0.29, 0.717) is 6.42 Å².